The molecule has 0 saturated heterocycles. The van der Waals surface area contributed by atoms with E-state index in [9.17, 15) is 17.6 Å². The third-order valence-electron chi connectivity index (χ3n) is 2.24. The van der Waals surface area contributed by atoms with Crippen molar-refractivity contribution in [2.45, 2.75) is 11.0 Å². The first-order valence-electron chi connectivity index (χ1n) is 5.20. The van der Waals surface area contributed by atoms with Crippen LogP contribution in [-0.4, -0.2) is 49.0 Å². The average molecular weight is 328 g/mol. The van der Waals surface area contributed by atoms with Crippen LogP contribution in [0.5, 0.6) is 0 Å². The highest BCUT2D eigenvalue weighted by Gasteiger charge is 2.25. The first-order chi connectivity index (χ1) is 9.19. The standard InChI is InChI=1S/C10H11ClFNO6S/c11-5-1-7(10(16)17)9(12)8(2-5)20(18,19)13-3-6(15)4-14/h1-2,6,13-15H,3-4H2,(H,16,17). The molecule has 0 fully saturated rings. The fourth-order valence-electron chi connectivity index (χ4n) is 1.26. The second kappa shape index (κ2) is 6.46. The van der Waals surface area contributed by atoms with Crippen molar-refractivity contribution >= 4 is 27.6 Å². The summed E-state index contributed by atoms with van der Waals surface area (Å²) in [7, 11) is -4.42. The van der Waals surface area contributed by atoms with Crippen LogP contribution in [0, 0.1) is 5.82 Å². The maximum absolute atomic E-state index is 13.8. The fourth-order valence-corrected chi connectivity index (χ4v) is 2.74. The van der Waals surface area contributed by atoms with Crippen LogP contribution in [-0.2, 0) is 10.0 Å². The van der Waals surface area contributed by atoms with Gasteiger partial charge in [0.25, 0.3) is 0 Å². The second-order valence-corrected chi connectivity index (χ2v) is 5.93. The van der Waals surface area contributed by atoms with Crippen LogP contribution >= 0.6 is 11.6 Å². The molecule has 0 heterocycles. The Balaban J connectivity index is 3.21. The van der Waals surface area contributed by atoms with Gasteiger partial charge in [-0.2, -0.15) is 0 Å². The van der Waals surface area contributed by atoms with Gasteiger partial charge in [-0.1, -0.05) is 11.6 Å². The van der Waals surface area contributed by atoms with Crippen LogP contribution in [0.2, 0.25) is 5.02 Å². The van der Waals surface area contributed by atoms with Gasteiger partial charge in [-0.25, -0.2) is 22.3 Å². The number of aliphatic hydroxyl groups is 2. The Morgan fingerprint density at radius 1 is 1.45 bits per heavy atom. The smallest absolute Gasteiger partial charge is 0.338 e. The van der Waals surface area contributed by atoms with Crippen LogP contribution in [0.25, 0.3) is 0 Å². The molecular formula is C10H11ClFNO6S. The number of halogens is 2. The van der Waals surface area contributed by atoms with Gasteiger partial charge in [0.1, 0.15) is 4.90 Å². The minimum Gasteiger partial charge on any atom is -0.478 e. The molecule has 0 radical (unpaired) electrons. The summed E-state index contributed by atoms with van der Waals surface area (Å²) in [6.07, 6.45) is -1.37. The summed E-state index contributed by atoms with van der Waals surface area (Å²) in [6, 6.07) is 1.53. The van der Waals surface area contributed by atoms with E-state index in [0.29, 0.717) is 0 Å². The van der Waals surface area contributed by atoms with Gasteiger partial charge in [-0.3, -0.25) is 0 Å². The zero-order valence-corrected chi connectivity index (χ0v) is 11.4. The van der Waals surface area contributed by atoms with Crippen molar-refractivity contribution < 1.29 is 32.9 Å². The van der Waals surface area contributed by atoms with Crippen molar-refractivity contribution in [2.75, 3.05) is 13.2 Å². The molecule has 1 rings (SSSR count). The molecule has 1 aromatic rings. The minimum atomic E-state index is -4.42. The van der Waals surface area contributed by atoms with Gasteiger partial charge in [0, 0.05) is 11.6 Å². The molecule has 20 heavy (non-hydrogen) atoms. The van der Waals surface area contributed by atoms with Crippen molar-refractivity contribution in [3.8, 4) is 0 Å². The first-order valence-corrected chi connectivity index (χ1v) is 7.06. The highest BCUT2D eigenvalue weighted by atomic mass is 35.5. The average Bonchev–Trinajstić information content (AvgIpc) is 2.37. The molecule has 0 aromatic heterocycles. The van der Waals surface area contributed by atoms with Crippen molar-refractivity contribution in [2.24, 2.45) is 0 Å². The number of aliphatic hydroxyl groups excluding tert-OH is 2. The zero-order chi connectivity index (χ0) is 15.5. The molecular weight excluding hydrogens is 317 g/mol. The number of carbonyl (C=O) groups is 1. The van der Waals surface area contributed by atoms with Crippen molar-refractivity contribution in [3.05, 3.63) is 28.5 Å². The van der Waals surface area contributed by atoms with E-state index in [-0.39, 0.29) is 5.02 Å². The summed E-state index contributed by atoms with van der Waals surface area (Å²) in [5.74, 6) is -3.13. The van der Waals surface area contributed by atoms with E-state index < -0.39 is 51.5 Å². The Morgan fingerprint density at radius 2 is 2.05 bits per heavy atom. The van der Waals surface area contributed by atoms with Gasteiger partial charge in [0.2, 0.25) is 10.0 Å². The lowest BCUT2D eigenvalue weighted by atomic mass is 10.2. The molecule has 0 bridgehead atoms. The molecule has 4 N–H and O–H groups in total. The molecule has 7 nitrogen and oxygen atoms in total. The highest BCUT2D eigenvalue weighted by Crippen LogP contribution is 2.23. The van der Waals surface area contributed by atoms with Gasteiger partial charge in [0.15, 0.2) is 5.82 Å². The van der Waals surface area contributed by atoms with Gasteiger partial charge >= 0.3 is 5.97 Å². The summed E-state index contributed by atoms with van der Waals surface area (Å²) >= 11 is 5.55. The predicted molar refractivity (Wildman–Crippen MR) is 66.7 cm³/mol. The van der Waals surface area contributed by atoms with Crippen LogP contribution < -0.4 is 4.72 Å². The molecule has 1 aromatic carbocycles. The number of hydrogen-bond donors (Lipinski definition) is 4. The topological polar surface area (TPSA) is 124 Å². The van der Waals surface area contributed by atoms with Crippen molar-refractivity contribution in [1.29, 1.82) is 0 Å². The van der Waals surface area contributed by atoms with Crippen molar-refractivity contribution in [3.63, 3.8) is 0 Å². The summed E-state index contributed by atoms with van der Waals surface area (Å²) in [5, 5.41) is 26.1. The molecule has 1 unspecified atom stereocenters. The van der Waals surface area contributed by atoms with E-state index >= 15 is 0 Å². The molecule has 0 aliphatic heterocycles. The predicted octanol–water partition coefficient (Wildman–Crippen LogP) is -0.191. The van der Waals surface area contributed by atoms with Gasteiger partial charge in [0.05, 0.1) is 18.3 Å². The number of sulfonamides is 1. The fraction of sp³-hybridized carbons (Fsp3) is 0.300. The lowest BCUT2D eigenvalue weighted by Gasteiger charge is -2.11. The highest BCUT2D eigenvalue weighted by molar-refractivity contribution is 7.89. The van der Waals surface area contributed by atoms with Gasteiger partial charge in [-0.05, 0) is 12.1 Å². The third kappa shape index (κ3) is 3.87. The van der Waals surface area contributed by atoms with Crippen molar-refractivity contribution in [1.82, 2.24) is 4.72 Å². The monoisotopic (exact) mass is 327 g/mol. The first kappa shape index (κ1) is 16.8. The summed E-state index contributed by atoms with van der Waals surface area (Å²) in [5.41, 5.74) is -0.888. The van der Waals surface area contributed by atoms with Crippen LogP contribution in [0.4, 0.5) is 4.39 Å². The molecule has 0 amide bonds. The number of nitrogens with one attached hydrogen (secondary N) is 1. The lowest BCUT2D eigenvalue weighted by molar-refractivity contribution is 0.0691. The molecule has 0 aliphatic rings. The van der Waals surface area contributed by atoms with Crippen LogP contribution in [0.15, 0.2) is 17.0 Å². The Bertz CT molecular complexity index is 620. The number of carboxylic acid groups (broad SMARTS) is 1. The van der Waals surface area contributed by atoms with E-state index in [1.165, 1.54) is 0 Å². The lowest BCUT2D eigenvalue weighted by Crippen LogP contribution is -2.34. The minimum absolute atomic E-state index is 0.271. The molecule has 0 spiro atoms. The number of aromatic carboxylic acids is 1. The maximum atomic E-state index is 13.8. The van der Waals surface area contributed by atoms with E-state index in [0.717, 1.165) is 12.1 Å². The van der Waals surface area contributed by atoms with Gasteiger partial charge < -0.3 is 15.3 Å². The summed E-state index contributed by atoms with van der Waals surface area (Å²) in [6.45, 7) is -1.26. The summed E-state index contributed by atoms with van der Waals surface area (Å²) < 4.78 is 39.3. The SMILES string of the molecule is O=C(O)c1cc(Cl)cc(S(=O)(=O)NCC(O)CO)c1F. The molecule has 1 atom stereocenters. The number of hydrogen-bond acceptors (Lipinski definition) is 5. The molecule has 112 valence electrons. The Kier molecular flexibility index (Phi) is 5.42. The van der Waals surface area contributed by atoms with Crippen LogP contribution in [0.3, 0.4) is 0 Å². The van der Waals surface area contributed by atoms with E-state index in [1.807, 2.05) is 4.72 Å². The maximum Gasteiger partial charge on any atom is 0.338 e. The number of benzene rings is 1. The number of rotatable bonds is 6. The van der Waals surface area contributed by atoms with E-state index in [1.54, 1.807) is 0 Å². The number of carboxylic acids is 1. The van der Waals surface area contributed by atoms with Gasteiger partial charge in [-0.15, -0.1) is 0 Å². The largest absolute Gasteiger partial charge is 0.478 e. The normalized spacial score (nSPS) is 13.2. The molecule has 0 saturated carbocycles. The molecule has 10 heteroatoms. The quantitative estimate of drug-likeness (QED) is 0.574. The van der Waals surface area contributed by atoms with E-state index in [4.69, 9.17) is 26.9 Å². The zero-order valence-electron chi connectivity index (χ0n) is 9.88. The Morgan fingerprint density at radius 3 is 2.55 bits per heavy atom. The molecule has 0 aliphatic carbocycles. The van der Waals surface area contributed by atoms with Crippen LogP contribution in [0.1, 0.15) is 10.4 Å². The summed E-state index contributed by atoms with van der Waals surface area (Å²) in [4.78, 5) is 9.83. The Hall–Kier alpha value is -1.26. The Labute approximate surface area is 118 Å². The second-order valence-electron chi connectivity index (χ2n) is 3.76. The van der Waals surface area contributed by atoms with E-state index in [2.05, 4.69) is 0 Å². The third-order valence-corrected chi connectivity index (χ3v) is 3.88.